The average molecular weight is 234 g/mol. The molecule has 0 aliphatic heterocycles. The van der Waals surface area contributed by atoms with Crippen LogP contribution in [0.4, 0.5) is 5.82 Å². The molecule has 0 aliphatic carbocycles. The lowest BCUT2D eigenvalue weighted by Crippen LogP contribution is -2.35. The van der Waals surface area contributed by atoms with Crippen molar-refractivity contribution in [2.45, 2.75) is 27.3 Å². The molecule has 5 heteroatoms. The van der Waals surface area contributed by atoms with Gasteiger partial charge in [-0.25, -0.2) is 0 Å². The van der Waals surface area contributed by atoms with E-state index in [0.29, 0.717) is 18.2 Å². The number of nitrogens with one attached hydrogen (secondary N) is 1. The average Bonchev–Trinajstić information content (AvgIpc) is 2.54. The normalized spacial score (nSPS) is 10.7. The highest BCUT2D eigenvalue weighted by Crippen LogP contribution is 2.15. The van der Waals surface area contributed by atoms with Crippen molar-refractivity contribution in [3.05, 3.63) is 39.4 Å². The standard InChI is InChI=1S/C11H14N4S/c1-7-8(2)16-6-15(7)5-10-4-13-9(3)14-11(10)12/h4,6H,5H2,1-3H3,(H-,12,13,14). The van der Waals surface area contributed by atoms with Crippen LogP contribution in [0.2, 0.25) is 0 Å². The second-order valence-corrected chi connectivity index (χ2v) is 4.84. The topological polar surface area (TPSA) is 53.5 Å². The zero-order chi connectivity index (χ0) is 11.7. The maximum atomic E-state index is 7.78. The summed E-state index contributed by atoms with van der Waals surface area (Å²) in [5.41, 5.74) is 11.9. The van der Waals surface area contributed by atoms with Crippen molar-refractivity contribution in [1.29, 1.82) is 0 Å². The van der Waals surface area contributed by atoms with Gasteiger partial charge in [-0.2, -0.15) is 4.57 Å². The molecule has 2 aromatic heterocycles. The Morgan fingerprint density at radius 3 is 2.69 bits per heavy atom. The van der Waals surface area contributed by atoms with Crippen LogP contribution in [-0.4, -0.2) is 9.97 Å². The summed E-state index contributed by atoms with van der Waals surface area (Å²) in [7, 11) is 0. The number of aryl methyl sites for hydroxylation is 2. The van der Waals surface area contributed by atoms with E-state index in [2.05, 4.69) is 33.9 Å². The summed E-state index contributed by atoms with van der Waals surface area (Å²) < 4.78 is 2.13. The molecule has 2 aromatic rings. The van der Waals surface area contributed by atoms with E-state index in [0.717, 1.165) is 5.56 Å². The minimum atomic E-state index is 0.322. The zero-order valence-corrected chi connectivity index (χ0v) is 10.4. The third-order valence-corrected chi connectivity index (χ3v) is 3.63. The Labute approximate surface area is 98.8 Å². The highest BCUT2D eigenvalue weighted by atomic mass is 32.1. The summed E-state index contributed by atoms with van der Waals surface area (Å²) in [6.45, 7) is 6.67. The molecule has 16 heavy (non-hydrogen) atoms. The molecule has 2 rings (SSSR count). The summed E-state index contributed by atoms with van der Waals surface area (Å²) in [4.78, 5) is 9.49. The van der Waals surface area contributed by atoms with Crippen molar-refractivity contribution >= 4 is 17.2 Å². The lowest BCUT2D eigenvalue weighted by atomic mass is 10.3. The number of aromatic nitrogens is 3. The third-order valence-electron chi connectivity index (χ3n) is 2.62. The Morgan fingerprint density at radius 2 is 2.12 bits per heavy atom. The van der Waals surface area contributed by atoms with Crippen molar-refractivity contribution in [3.8, 4) is 0 Å². The SMILES string of the molecule is Cc1ncc(C[n+]2csc(C)c2C)c([NH-])n1. The minimum Gasteiger partial charge on any atom is -0.482 e. The molecule has 0 aromatic carbocycles. The quantitative estimate of drug-likeness (QED) is 0.749. The number of nitrogens with zero attached hydrogens (tertiary/aromatic N) is 3. The summed E-state index contributed by atoms with van der Waals surface area (Å²) in [5.74, 6) is 0.972. The van der Waals surface area contributed by atoms with Crippen LogP contribution < -0.4 is 4.57 Å². The molecule has 0 fully saturated rings. The fraction of sp³-hybridized carbons (Fsp3) is 0.364. The molecule has 0 spiro atoms. The van der Waals surface area contributed by atoms with Gasteiger partial charge in [0, 0.05) is 24.5 Å². The molecule has 0 aliphatic rings. The Kier molecular flexibility index (Phi) is 2.87. The van der Waals surface area contributed by atoms with Crippen molar-refractivity contribution in [2.75, 3.05) is 0 Å². The number of thiazole rings is 1. The van der Waals surface area contributed by atoms with Gasteiger partial charge in [0.1, 0.15) is 0 Å². The number of rotatable bonds is 2. The van der Waals surface area contributed by atoms with Crippen LogP contribution in [-0.2, 0) is 6.54 Å². The molecule has 84 valence electrons. The lowest BCUT2D eigenvalue weighted by molar-refractivity contribution is -0.689. The smallest absolute Gasteiger partial charge is 0.225 e. The van der Waals surface area contributed by atoms with Crippen molar-refractivity contribution in [2.24, 2.45) is 0 Å². The molecule has 0 unspecified atom stereocenters. The van der Waals surface area contributed by atoms with Crippen LogP contribution in [0.25, 0.3) is 5.73 Å². The van der Waals surface area contributed by atoms with Gasteiger partial charge in [0.25, 0.3) is 0 Å². The first-order valence-corrected chi connectivity index (χ1v) is 5.94. The Balaban J connectivity index is 2.30. The van der Waals surface area contributed by atoms with Gasteiger partial charge in [-0.1, -0.05) is 17.2 Å². The fourth-order valence-electron chi connectivity index (χ4n) is 1.46. The molecule has 1 N–H and O–H groups in total. The second-order valence-electron chi connectivity index (χ2n) is 3.78. The monoisotopic (exact) mass is 234 g/mol. The predicted octanol–water partition coefficient (Wildman–Crippen LogP) is 2.48. The molecule has 0 radical (unpaired) electrons. The molecule has 0 saturated heterocycles. The van der Waals surface area contributed by atoms with Gasteiger partial charge in [0.15, 0.2) is 12.2 Å². The minimum absolute atomic E-state index is 0.322. The van der Waals surface area contributed by atoms with Gasteiger partial charge >= 0.3 is 0 Å². The molecular formula is C11H14N4S. The van der Waals surface area contributed by atoms with Gasteiger partial charge in [0.2, 0.25) is 5.51 Å². The largest absolute Gasteiger partial charge is 0.482 e. The summed E-state index contributed by atoms with van der Waals surface area (Å²) in [6.07, 6.45) is 1.74. The highest BCUT2D eigenvalue weighted by Gasteiger charge is 2.12. The maximum Gasteiger partial charge on any atom is 0.225 e. The maximum absolute atomic E-state index is 7.78. The summed E-state index contributed by atoms with van der Waals surface area (Å²) in [5, 5.41) is 0. The van der Waals surface area contributed by atoms with Crippen LogP contribution in [0.1, 0.15) is 22.0 Å². The van der Waals surface area contributed by atoms with Gasteiger partial charge in [0.05, 0.1) is 4.88 Å². The van der Waals surface area contributed by atoms with Crippen LogP contribution in [0.15, 0.2) is 11.7 Å². The predicted molar refractivity (Wildman–Crippen MR) is 63.8 cm³/mol. The van der Waals surface area contributed by atoms with E-state index < -0.39 is 0 Å². The van der Waals surface area contributed by atoms with E-state index in [1.54, 1.807) is 24.5 Å². The van der Waals surface area contributed by atoms with E-state index in [1.807, 2.05) is 0 Å². The third kappa shape index (κ3) is 2.04. The first-order valence-electron chi connectivity index (χ1n) is 5.06. The van der Waals surface area contributed by atoms with Gasteiger partial charge in [-0.05, 0) is 13.8 Å². The molecule has 0 atom stereocenters. The van der Waals surface area contributed by atoms with E-state index in [4.69, 9.17) is 5.73 Å². The molecule has 0 saturated carbocycles. The molecule has 0 bridgehead atoms. The Morgan fingerprint density at radius 1 is 1.38 bits per heavy atom. The van der Waals surface area contributed by atoms with Gasteiger partial charge in [-0.15, -0.1) is 0 Å². The van der Waals surface area contributed by atoms with Crippen LogP contribution >= 0.6 is 11.3 Å². The van der Waals surface area contributed by atoms with Crippen LogP contribution in [0.5, 0.6) is 0 Å². The Bertz CT molecular complexity index is 519. The highest BCUT2D eigenvalue weighted by molar-refractivity contribution is 7.09. The second kappa shape index (κ2) is 4.17. The van der Waals surface area contributed by atoms with E-state index in [9.17, 15) is 0 Å². The molecule has 0 amide bonds. The van der Waals surface area contributed by atoms with Crippen LogP contribution in [0.3, 0.4) is 0 Å². The number of hydrogen-bond acceptors (Lipinski definition) is 3. The van der Waals surface area contributed by atoms with Crippen molar-refractivity contribution in [3.63, 3.8) is 0 Å². The van der Waals surface area contributed by atoms with Crippen molar-refractivity contribution in [1.82, 2.24) is 9.97 Å². The van der Waals surface area contributed by atoms with Crippen molar-refractivity contribution < 1.29 is 4.57 Å². The van der Waals surface area contributed by atoms with E-state index in [-0.39, 0.29) is 0 Å². The molecular weight excluding hydrogens is 220 g/mol. The van der Waals surface area contributed by atoms with Gasteiger partial charge in [-0.3, -0.25) is 4.98 Å². The van der Waals surface area contributed by atoms with E-state index in [1.165, 1.54) is 10.6 Å². The van der Waals surface area contributed by atoms with Crippen LogP contribution in [0, 0.1) is 20.8 Å². The Hall–Kier alpha value is -1.49. The lowest BCUT2D eigenvalue weighted by Gasteiger charge is -2.09. The fourth-order valence-corrected chi connectivity index (χ4v) is 2.27. The summed E-state index contributed by atoms with van der Waals surface area (Å²) in [6, 6.07) is 0. The summed E-state index contributed by atoms with van der Waals surface area (Å²) >= 11 is 1.72. The first kappa shape index (κ1) is 11.0. The first-order chi connectivity index (χ1) is 7.58. The molecule has 4 nitrogen and oxygen atoms in total. The zero-order valence-electron chi connectivity index (χ0n) is 9.61. The number of hydrogen-bond donors (Lipinski definition) is 0. The van der Waals surface area contributed by atoms with E-state index >= 15 is 0 Å². The van der Waals surface area contributed by atoms with Gasteiger partial charge < -0.3 is 10.7 Å². The molecule has 2 heterocycles.